The number of ketones is 1. The summed E-state index contributed by atoms with van der Waals surface area (Å²) >= 11 is 0. The largest absolute Gasteiger partial charge is 0.508 e. The zero-order valence-corrected chi connectivity index (χ0v) is 12.2. The van der Waals surface area contributed by atoms with Gasteiger partial charge in [-0.15, -0.1) is 0 Å². The molecule has 1 aromatic carbocycles. The summed E-state index contributed by atoms with van der Waals surface area (Å²) in [5.74, 6) is 0.232. The number of phenolic OH excluding ortho intramolecular Hbond substituents is 1. The number of nitrogens with zero attached hydrogens (tertiary/aromatic N) is 1. The average Bonchev–Trinajstić information content (AvgIpc) is 2.53. The minimum atomic E-state index is -0.585. The molecule has 4 nitrogen and oxygen atoms in total. The molecule has 1 aromatic rings. The highest BCUT2D eigenvalue weighted by Gasteiger charge is 2.25. The van der Waals surface area contributed by atoms with Gasteiger partial charge < -0.3 is 10.2 Å². The third kappa shape index (κ3) is 3.81. The number of phenols is 1. The second-order valence-electron chi connectivity index (χ2n) is 6.03. The lowest BCUT2D eigenvalue weighted by atomic mass is 9.98. The van der Waals surface area contributed by atoms with Crippen LogP contribution in [-0.4, -0.2) is 39.6 Å². The van der Waals surface area contributed by atoms with Gasteiger partial charge in [0.05, 0.1) is 5.60 Å². The zero-order valence-electron chi connectivity index (χ0n) is 12.2. The van der Waals surface area contributed by atoms with E-state index in [0.29, 0.717) is 12.1 Å². The fraction of sp³-hybridized carbons (Fsp3) is 0.562. The summed E-state index contributed by atoms with van der Waals surface area (Å²) in [5, 5.41) is 20.0. The number of rotatable bonds is 3. The Balaban J connectivity index is 2.09. The standard InChI is InChI=1S/C16H23NO3/c1-12(18)13-4-5-15(19)14(10-13)11-17-8-3-6-16(2,20)7-9-17/h4-5,10,19-20H,3,6-9,11H2,1-2H3. The maximum Gasteiger partial charge on any atom is 0.159 e. The van der Waals surface area contributed by atoms with Crippen LogP contribution >= 0.6 is 0 Å². The predicted molar refractivity (Wildman–Crippen MR) is 77.9 cm³/mol. The number of carbonyl (C=O) groups is 1. The lowest BCUT2D eigenvalue weighted by Crippen LogP contribution is -2.28. The predicted octanol–water partition coefficient (Wildman–Crippen LogP) is 2.33. The molecule has 0 saturated carbocycles. The van der Waals surface area contributed by atoms with Crippen LogP contribution in [0, 0.1) is 0 Å². The van der Waals surface area contributed by atoms with Crippen molar-refractivity contribution in [2.24, 2.45) is 0 Å². The van der Waals surface area contributed by atoms with Crippen molar-refractivity contribution in [1.29, 1.82) is 0 Å². The summed E-state index contributed by atoms with van der Waals surface area (Å²) in [6.45, 7) is 5.73. The molecule has 1 unspecified atom stereocenters. The molecular formula is C16H23NO3. The first-order valence-corrected chi connectivity index (χ1v) is 7.15. The van der Waals surface area contributed by atoms with E-state index in [1.165, 1.54) is 6.92 Å². The summed E-state index contributed by atoms with van der Waals surface area (Å²) < 4.78 is 0. The molecule has 0 radical (unpaired) electrons. The van der Waals surface area contributed by atoms with E-state index in [2.05, 4.69) is 4.90 Å². The van der Waals surface area contributed by atoms with Crippen LogP contribution in [0.25, 0.3) is 0 Å². The molecule has 1 atom stereocenters. The summed E-state index contributed by atoms with van der Waals surface area (Å²) in [7, 11) is 0. The lowest BCUT2D eigenvalue weighted by Gasteiger charge is -2.22. The van der Waals surface area contributed by atoms with Crippen LogP contribution in [0.4, 0.5) is 0 Å². The number of carbonyl (C=O) groups excluding carboxylic acids is 1. The van der Waals surface area contributed by atoms with Gasteiger partial charge in [0.2, 0.25) is 0 Å². The van der Waals surface area contributed by atoms with E-state index >= 15 is 0 Å². The van der Waals surface area contributed by atoms with Crippen LogP contribution in [0.15, 0.2) is 18.2 Å². The zero-order chi connectivity index (χ0) is 14.8. The first-order valence-electron chi connectivity index (χ1n) is 7.15. The Morgan fingerprint density at radius 1 is 1.35 bits per heavy atom. The van der Waals surface area contributed by atoms with Gasteiger partial charge in [0.15, 0.2) is 5.78 Å². The van der Waals surface area contributed by atoms with Gasteiger partial charge in [-0.25, -0.2) is 0 Å². The molecule has 2 N–H and O–H groups in total. The SMILES string of the molecule is CC(=O)c1ccc(O)c(CN2CCCC(C)(O)CC2)c1. The van der Waals surface area contributed by atoms with Gasteiger partial charge in [-0.1, -0.05) is 0 Å². The molecule has 1 aliphatic heterocycles. The molecule has 0 aromatic heterocycles. The number of Topliss-reactive ketones (excluding diaryl/α,β-unsaturated/α-hetero) is 1. The first kappa shape index (κ1) is 15.0. The van der Waals surface area contributed by atoms with Crippen LogP contribution in [0.2, 0.25) is 0 Å². The van der Waals surface area contributed by atoms with Gasteiger partial charge in [0.1, 0.15) is 5.75 Å². The van der Waals surface area contributed by atoms with E-state index in [0.717, 1.165) is 37.9 Å². The highest BCUT2D eigenvalue weighted by Crippen LogP contribution is 2.25. The monoisotopic (exact) mass is 277 g/mol. The Morgan fingerprint density at radius 2 is 2.10 bits per heavy atom. The van der Waals surface area contributed by atoms with Crippen molar-refractivity contribution in [3.8, 4) is 5.75 Å². The molecule has 1 heterocycles. The van der Waals surface area contributed by atoms with Crippen molar-refractivity contribution in [1.82, 2.24) is 4.90 Å². The van der Waals surface area contributed by atoms with E-state index < -0.39 is 5.60 Å². The van der Waals surface area contributed by atoms with Gasteiger partial charge in [-0.3, -0.25) is 9.69 Å². The normalized spacial score (nSPS) is 24.4. The lowest BCUT2D eigenvalue weighted by molar-refractivity contribution is 0.0444. The Morgan fingerprint density at radius 3 is 2.80 bits per heavy atom. The summed E-state index contributed by atoms with van der Waals surface area (Å²) in [6.07, 6.45) is 2.49. The van der Waals surface area contributed by atoms with Crippen LogP contribution < -0.4 is 0 Å². The van der Waals surface area contributed by atoms with Crippen molar-refractivity contribution in [3.05, 3.63) is 29.3 Å². The van der Waals surface area contributed by atoms with Crippen molar-refractivity contribution < 1.29 is 15.0 Å². The second kappa shape index (κ2) is 5.94. The Labute approximate surface area is 120 Å². The number of aliphatic hydroxyl groups is 1. The number of hydrogen-bond acceptors (Lipinski definition) is 4. The number of likely N-dealkylation sites (tertiary alicyclic amines) is 1. The molecule has 4 heteroatoms. The van der Waals surface area contributed by atoms with E-state index in [4.69, 9.17) is 0 Å². The van der Waals surface area contributed by atoms with Crippen LogP contribution in [0.5, 0.6) is 5.75 Å². The Kier molecular flexibility index (Phi) is 4.45. The number of hydrogen-bond donors (Lipinski definition) is 2. The maximum absolute atomic E-state index is 11.4. The third-order valence-electron chi connectivity index (χ3n) is 4.04. The second-order valence-corrected chi connectivity index (χ2v) is 6.03. The van der Waals surface area contributed by atoms with Crippen LogP contribution in [0.1, 0.15) is 49.0 Å². The Hall–Kier alpha value is -1.39. The van der Waals surface area contributed by atoms with Crippen molar-refractivity contribution in [3.63, 3.8) is 0 Å². The van der Waals surface area contributed by atoms with Crippen LogP contribution in [0.3, 0.4) is 0 Å². The Bertz CT molecular complexity index is 496. The quantitative estimate of drug-likeness (QED) is 0.832. The van der Waals surface area contributed by atoms with Crippen molar-refractivity contribution in [2.75, 3.05) is 13.1 Å². The maximum atomic E-state index is 11.4. The smallest absolute Gasteiger partial charge is 0.159 e. The summed E-state index contributed by atoms with van der Waals surface area (Å²) in [6, 6.07) is 5.00. The summed E-state index contributed by atoms with van der Waals surface area (Å²) in [4.78, 5) is 13.6. The number of aromatic hydroxyl groups is 1. The van der Waals surface area contributed by atoms with E-state index in [9.17, 15) is 15.0 Å². The molecule has 1 aliphatic rings. The van der Waals surface area contributed by atoms with Gasteiger partial charge in [-0.2, -0.15) is 0 Å². The minimum Gasteiger partial charge on any atom is -0.508 e. The molecule has 0 spiro atoms. The minimum absolute atomic E-state index is 0.00468. The van der Waals surface area contributed by atoms with Gasteiger partial charge in [0.25, 0.3) is 0 Å². The third-order valence-corrected chi connectivity index (χ3v) is 4.04. The molecule has 0 bridgehead atoms. The highest BCUT2D eigenvalue weighted by molar-refractivity contribution is 5.94. The van der Waals surface area contributed by atoms with Crippen molar-refractivity contribution >= 4 is 5.78 Å². The number of benzene rings is 1. The highest BCUT2D eigenvalue weighted by atomic mass is 16.3. The molecule has 110 valence electrons. The fourth-order valence-corrected chi connectivity index (χ4v) is 2.65. The van der Waals surface area contributed by atoms with E-state index in [-0.39, 0.29) is 11.5 Å². The topological polar surface area (TPSA) is 60.8 Å². The van der Waals surface area contributed by atoms with Gasteiger partial charge >= 0.3 is 0 Å². The molecule has 0 amide bonds. The first-order chi connectivity index (χ1) is 9.37. The van der Waals surface area contributed by atoms with Gasteiger partial charge in [0, 0.05) is 24.2 Å². The molecule has 20 heavy (non-hydrogen) atoms. The van der Waals surface area contributed by atoms with Crippen molar-refractivity contribution in [2.45, 2.75) is 45.3 Å². The molecule has 0 aliphatic carbocycles. The molecule has 2 rings (SSSR count). The van der Waals surface area contributed by atoms with Gasteiger partial charge in [-0.05, 0) is 57.9 Å². The van der Waals surface area contributed by atoms with E-state index in [1.54, 1.807) is 18.2 Å². The molecule has 1 fully saturated rings. The molecular weight excluding hydrogens is 254 g/mol. The van der Waals surface area contributed by atoms with Crippen LogP contribution in [-0.2, 0) is 6.54 Å². The average molecular weight is 277 g/mol. The fourth-order valence-electron chi connectivity index (χ4n) is 2.65. The molecule has 1 saturated heterocycles. The summed E-state index contributed by atoms with van der Waals surface area (Å²) in [5.41, 5.74) is 0.816. The van der Waals surface area contributed by atoms with E-state index in [1.807, 2.05) is 6.92 Å².